The maximum absolute atomic E-state index is 12.4. The summed E-state index contributed by atoms with van der Waals surface area (Å²) in [6.07, 6.45) is 9.73. The highest BCUT2D eigenvalue weighted by atomic mass is 16.5. The maximum atomic E-state index is 12.4. The molecule has 4 bridgehead atoms. The lowest BCUT2D eigenvalue weighted by Crippen LogP contribution is -2.45. The number of rotatable bonds is 6. The first kappa shape index (κ1) is 14.7. The molecular formula is C19H28O3. The van der Waals surface area contributed by atoms with Gasteiger partial charge in [-0.05, 0) is 81.5 Å². The number of hydrogen-bond donors (Lipinski definition) is 0. The zero-order valence-electron chi connectivity index (χ0n) is 13.6. The molecule has 0 aliphatic heterocycles. The minimum absolute atomic E-state index is 0.0177. The molecule has 122 valence electrons. The third-order valence-corrected chi connectivity index (χ3v) is 6.94. The van der Waals surface area contributed by atoms with Crippen molar-refractivity contribution < 1.29 is 14.3 Å². The minimum Gasteiger partial charge on any atom is -0.466 e. The van der Waals surface area contributed by atoms with Gasteiger partial charge < -0.3 is 4.74 Å². The van der Waals surface area contributed by atoms with Crippen molar-refractivity contribution in [3.8, 4) is 0 Å². The highest BCUT2D eigenvalue weighted by molar-refractivity contribution is 5.91. The van der Waals surface area contributed by atoms with Crippen LogP contribution >= 0.6 is 0 Å². The average molecular weight is 304 g/mol. The Kier molecular flexibility index (Phi) is 3.78. The van der Waals surface area contributed by atoms with Crippen LogP contribution in [0.4, 0.5) is 0 Å². The van der Waals surface area contributed by atoms with Crippen LogP contribution in [-0.2, 0) is 14.3 Å². The van der Waals surface area contributed by atoms with E-state index < -0.39 is 0 Å². The molecule has 3 heteroatoms. The molecule has 0 spiro atoms. The summed E-state index contributed by atoms with van der Waals surface area (Å²) in [6, 6.07) is 0. The van der Waals surface area contributed by atoms with Crippen molar-refractivity contribution in [2.75, 3.05) is 6.61 Å². The van der Waals surface area contributed by atoms with Crippen molar-refractivity contribution in [3.05, 3.63) is 0 Å². The topological polar surface area (TPSA) is 43.4 Å². The second kappa shape index (κ2) is 5.65. The lowest BCUT2D eigenvalue weighted by molar-refractivity contribution is -0.145. The molecule has 5 fully saturated rings. The Morgan fingerprint density at radius 3 is 2.14 bits per heavy atom. The van der Waals surface area contributed by atoms with Crippen LogP contribution in [0.2, 0.25) is 0 Å². The van der Waals surface area contributed by atoms with Crippen LogP contribution in [0.15, 0.2) is 0 Å². The van der Waals surface area contributed by atoms with Crippen LogP contribution in [0.5, 0.6) is 0 Å². The second-order valence-electron chi connectivity index (χ2n) is 8.30. The van der Waals surface area contributed by atoms with Crippen molar-refractivity contribution >= 4 is 11.8 Å². The number of ketones is 1. The minimum atomic E-state index is -0.157. The SMILES string of the molecule is CCOC(=O)[C@H]1C[C@@H]1C(=O)CCC1C2CC3CC(C2)CC1C3. The maximum Gasteiger partial charge on any atom is 0.309 e. The molecule has 0 saturated heterocycles. The Morgan fingerprint density at radius 2 is 1.55 bits per heavy atom. The van der Waals surface area contributed by atoms with Gasteiger partial charge in [-0.3, -0.25) is 9.59 Å². The van der Waals surface area contributed by atoms with Crippen LogP contribution in [-0.4, -0.2) is 18.4 Å². The summed E-state index contributed by atoms with van der Waals surface area (Å²) in [7, 11) is 0. The number of Topliss-reactive ketones (excluding diaryl/α,β-unsaturated/α-hetero) is 1. The van der Waals surface area contributed by atoms with Gasteiger partial charge in [0, 0.05) is 12.3 Å². The summed E-state index contributed by atoms with van der Waals surface area (Å²) in [5.74, 6) is 4.66. The molecule has 0 amide bonds. The molecule has 0 aromatic carbocycles. The van der Waals surface area contributed by atoms with Gasteiger partial charge in [0.1, 0.15) is 5.78 Å². The summed E-state index contributed by atoms with van der Waals surface area (Å²) < 4.78 is 5.03. The predicted molar refractivity (Wildman–Crippen MR) is 83.0 cm³/mol. The lowest BCUT2D eigenvalue weighted by atomic mass is 9.51. The van der Waals surface area contributed by atoms with E-state index in [-0.39, 0.29) is 17.8 Å². The van der Waals surface area contributed by atoms with Crippen LogP contribution in [0.1, 0.15) is 58.3 Å². The fourth-order valence-corrected chi connectivity index (χ4v) is 6.06. The van der Waals surface area contributed by atoms with Crippen LogP contribution in [0.3, 0.4) is 0 Å². The van der Waals surface area contributed by atoms with E-state index in [0.717, 1.165) is 42.4 Å². The van der Waals surface area contributed by atoms with Gasteiger partial charge >= 0.3 is 5.97 Å². The van der Waals surface area contributed by atoms with E-state index in [4.69, 9.17) is 4.74 Å². The van der Waals surface area contributed by atoms with Crippen molar-refractivity contribution in [1.82, 2.24) is 0 Å². The molecule has 5 aliphatic rings. The van der Waals surface area contributed by atoms with E-state index in [2.05, 4.69) is 0 Å². The van der Waals surface area contributed by atoms with Gasteiger partial charge in [-0.2, -0.15) is 0 Å². The van der Waals surface area contributed by atoms with Crippen molar-refractivity contribution in [2.45, 2.75) is 58.3 Å². The van der Waals surface area contributed by atoms with Gasteiger partial charge in [0.15, 0.2) is 0 Å². The molecule has 5 aliphatic carbocycles. The first-order valence-electron chi connectivity index (χ1n) is 9.35. The molecule has 0 heterocycles. The smallest absolute Gasteiger partial charge is 0.309 e. The Morgan fingerprint density at radius 1 is 0.909 bits per heavy atom. The zero-order valence-corrected chi connectivity index (χ0v) is 13.6. The molecule has 3 nitrogen and oxygen atoms in total. The monoisotopic (exact) mass is 304 g/mol. The molecule has 0 unspecified atom stereocenters. The van der Waals surface area contributed by atoms with Gasteiger partial charge in [0.25, 0.3) is 0 Å². The molecular weight excluding hydrogens is 276 g/mol. The average Bonchev–Trinajstić information content (AvgIpc) is 3.26. The molecule has 2 atom stereocenters. The first-order valence-corrected chi connectivity index (χ1v) is 9.35. The first-order chi connectivity index (χ1) is 10.7. The quantitative estimate of drug-likeness (QED) is 0.704. The van der Waals surface area contributed by atoms with E-state index in [0.29, 0.717) is 18.8 Å². The molecule has 0 aromatic heterocycles. The molecule has 22 heavy (non-hydrogen) atoms. The van der Waals surface area contributed by atoms with Crippen molar-refractivity contribution in [3.63, 3.8) is 0 Å². The van der Waals surface area contributed by atoms with Crippen molar-refractivity contribution in [2.24, 2.45) is 41.4 Å². The van der Waals surface area contributed by atoms with Gasteiger partial charge in [-0.15, -0.1) is 0 Å². The van der Waals surface area contributed by atoms with E-state index >= 15 is 0 Å². The third kappa shape index (κ3) is 2.61. The van der Waals surface area contributed by atoms with Gasteiger partial charge in [0.05, 0.1) is 12.5 Å². The Balaban J connectivity index is 1.27. The lowest BCUT2D eigenvalue weighted by Gasteiger charge is -2.54. The highest BCUT2D eigenvalue weighted by Gasteiger charge is 2.50. The zero-order chi connectivity index (χ0) is 15.3. The van der Waals surface area contributed by atoms with Crippen LogP contribution in [0, 0.1) is 41.4 Å². The fraction of sp³-hybridized carbons (Fsp3) is 0.895. The molecule has 0 radical (unpaired) electrons. The number of esters is 1. The van der Waals surface area contributed by atoms with E-state index in [9.17, 15) is 9.59 Å². The van der Waals surface area contributed by atoms with E-state index in [1.54, 1.807) is 0 Å². The Bertz CT molecular complexity index is 441. The van der Waals surface area contributed by atoms with Crippen molar-refractivity contribution in [1.29, 1.82) is 0 Å². The summed E-state index contributed by atoms with van der Waals surface area (Å²) in [4.78, 5) is 24.0. The second-order valence-corrected chi connectivity index (χ2v) is 8.30. The number of carbonyl (C=O) groups is 2. The van der Waals surface area contributed by atoms with Gasteiger partial charge in [0.2, 0.25) is 0 Å². The summed E-state index contributed by atoms with van der Waals surface area (Å²) in [6.45, 7) is 2.24. The normalized spacial score (nSPS) is 44.9. The van der Waals surface area contributed by atoms with Gasteiger partial charge in [-0.25, -0.2) is 0 Å². The van der Waals surface area contributed by atoms with E-state index in [1.807, 2.05) is 6.92 Å². The third-order valence-electron chi connectivity index (χ3n) is 6.94. The summed E-state index contributed by atoms with van der Waals surface area (Å²) in [5.41, 5.74) is 0. The molecule has 0 aromatic rings. The summed E-state index contributed by atoms with van der Waals surface area (Å²) >= 11 is 0. The molecule has 5 saturated carbocycles. The molecule has 5 rings (SSSR count). The number of carbonyl (C=O) groups excluding carboxylic acids is 2. The molecule has 0 N–H and O–H groups in total. The number of ether oxygens (including phenoxy) is 1. The van der Waals surface area contributed by atoms with Crippen LogP contribution < -0.4 is 0 Å². The number of hydrogen-bond acceptors (Lipinski definition) is 3. The summed E-state index contributed by atoms with van der Waals surface area (Å²) in [5, 5.41) is 0. The fourth-order valence-electron chi connectivity index (χ4n) is 6.06. The van der Waals surface area contributed by atoms with Gasteiger partial charge in [-0.1, -0.05) is 0 Å². The largest absolute Gasteiger partial charge is 0.466 e. The van der Waals surface area contributed by atoms with E-state index in [1.165, 1.54) is 32.1 Å². The predicted octanol–water partition coefficient (Wildman–Crippen LogP) is 3.61. The van der Waals surface area contributed by atoms with Crippen LogP contribution in [0.25, 0.3) is 0 Å². The highest BCUT2D eigenvalue weighted by Crippen LogP contribution is 2.57. The Labute approximate surface area is 133 Å². The Hall–Kier alpha value is -0.860. The standard InChI is InChI=1S/C19H28O3/c1-2-22-19(21)17-10-16(17)18(20)4-3-15-13-6-11-5-12(8-13)9-14(15)7-11/h11-17H,2-10H2,1H3/t11?,12?,13?,14?,15?,16-,17-/m0/s1.